The molecule has 1 aromatic carbocycles. The Hall–Kier alpha value is -1.18. The smallest absolute Gasteiger partial charge is 0.287 e. The molecule has 0 spiro atoms. The molecule has 6 nitrogen and oxygen atoms in total. The van der Waals surface area contributed by atoms with E-state index in [4.69, 9.17) is 4.74 Å². The van der Waals surface area contributed by atoms with Crippen molar-refractivity contribution in [2.75, 3.05) is 13.2 Å². The van der Waals surface area contributed by atoms with Crippen molar-refractivity contribution in [2.45, 2.75) is 31.4 Å². The van der Waals surface area contributed by atoms with Crippen LogP contribution in [0.15, 0.2) is 22.7 Å². The minimum absolute atomic E-state index is 0.0572. The predicted molar refractivity (Wildman–Crippen MR) is 77.9 cm³/mol. The molecule has 0 heterocycles. The highest BCUT2D eigenvalue weighted by molar-refractivity contribution is 9.10. The summed E-state index contributed by atoms with van der Waals surface area (Å²) in [7, 11) is 0. The van der Waals surface area contributed by atoms with Crippen LogP contribution < -0.4 is 10.1 Å². The van der Waals surface area contributed by atoms with Gasteiger partial charge in [0.15, 0.2) is 0 Å². The van der Waals surface area contributed by atoms with E-state index in [1.54, 1.807) is 19.1 Å². The number of nitrogens with one attached hydrogen (secondary N) is 1. The average molecular weight is 345 g/mol. The van der Waals surface area contributed by atoms with Gasteiger partial charge in [-0.2, -0.15) is 0 Å². The first-order valence-electron chi connectivity index (χ1n) is 6.40. The molecule has 2 rings (SSSR count). The summed E-state index contributed by atoms with van der Waals surface area (Å²) in [5.41, 5.74) is -1.08. The quantitative estimate of drug-likeness (QED) is 0.585. The molecule has 1 aromatic rings. The van der Waals surface area contributed by atoms with Gasteiger partial charge < -0.3 is 15.2 Å². The van der Waals surface area contributed by atoms with E-state index in [9.17, 15) is 15.2 Å². The highest BCUT2D eigenvalue weighted by Gasteiger charge is 2.27. The molecular weight excluding hydrogens is 328 g/mol. The summed E-state index contributed by atoms with van der Waals surface area (Å²) in [6.07, 6.45) is 2.29. The van der Waals surface area contributed by atoms with Gasteiger partial charge in [-0.25, -0.2) is 0 Å². The Bertz CT molecular complexity index is 503. The van der Waals surface area contributed by atoms with Crippen molar-refractivity contribution < 1.29 is 14.8 Å². The van der Waals surface area contributed by atoms with Crippen molar-refractivity contribution in [3.63, 3.8) is 0 Å². The molecule has 0 amide bonds. The number of hydrogen-bond donors (Lipinski definition) is 2. The van der Waals surface area contributed by atoms with Gasteiger partial charge in [-0.3, -0.25) is 10.1 Å². The fourth-order valence-electron chi connectivity index (χ4n) is 1.69. The molecule has 2 N–H and O–H groups in total. The van der Waals surface area contributed by atoms with E-state index in [0.717, 1.165) is 12.8 Å². The van der Waals surface area contributed by atoms with Crippen LogP contribution in [0.25, 0.3) is 0 Å². The van der Waals surface area contributed by atoms with E-state index in [1.165, 1.54) is 6.07 Å². The van der Waals surface area contributed by atoms with Gasteiger partial charge in [0.2, 0.25) is 0 Å². The van der Waals surface area contributed by atoms with Crippen LogP contribution in [-0.4, -0.2) is 34.8 Å². The topological polar surface area (TPSA) is 84.6 Å². The molecule has 1 aliphatic carbocycles. The second-order valence-corrected chi connectivity index (χ2v) is 6.08. The fraction of sp³-hybridized carbons (Fsp3) is 0.538. The van der Waals surface area contributed by atoms with Crippen LogP contribution in [0.5, 0.6) is 5.75 Å². The summed E-state index contributed by atoms with van der Waals surface area (Å²) in [4.78, 5) is 10.3. The Labute approximate surface area is 125 Å². The van der Waals surface area contributed by atoms with Crippen LogP contribution >= 0.6 is 15.9 Å². The molecule has 0 radical (unpaired) electrons. The molecule has 20 heavy (non-hydrogen) atoms. The van der Waals surface area contributed by atoms with Gasteiger partial charge in [-0.1, -0.05) is 6.07 Å². The molecule has 1 saturated carbocycles. The van der Waals surface area contributed by atoms with Gasteiger partial charge in [-0.15, -0.1) is 0 Å². The second kappa shape index (κ2) is 6.07. The number of benzene rings is 1. The van der Waals surface area contributed by atoms with Crippen LogP contribution in [0.2, 0.25) is 0 Å². The zero-order chi connectivity index (χ0) is 14.8. The summed E-state index contributed by atoms with van der Waals surface area (Å²) < 4.78 is 5.79. The molecule has 0 bridgehead atoms. The summed E-state index contributed by atoms with van der Waals surface area (Å²) >= 11 is 3.16. The Balaban J connectivity index is 1.95. The summed E-state index contributed by atoms with van der Waals surface area (Å²) in [6.45, 7) is 2.17. The Morgan fingerprint density at radius 3 is 2.90 bits per heavy atom. The monoisotopic (exact) mass is 344 g/mol. The lowest BCUT2D eigenvalue weighted by atomic mass is 10.1. The van der Waals surface area contributed by atoms with Crippen LogP contribution in [0, 0.1) is 10.1 Å². The second-order valence-electron chi connectivity index (χ2n) is 5.29. The normalized spacial score (nSPS) is 17.6. The fourth-order valence-corrected chi connectivity index (χ4v) is 2.21. The number of hydrogen-bond acceptors (Lipinski definition) is 5. The van der Waals surface area contributed by atoms with E-state index < -0.39 is 10.5 Å². The van der Waals surface area contributed by atoms with Gasteiger partial charge in [-0.05, 0) is 41.8 Å². The Morgan fingerprint density at radius 1 is 1.60 bits per heavy atom. The minimum Gasteiger partial charge on any atom is -0.489 e. The first-order chi connectivity index (χ1) is 9.39. The summed E-state index contributed by atoms with van der Waals surface area (Å²) in [6, 6.07) is 5.08. The van der Waals surface area contributed by atoms with Crippen molar-refractivity contribution in [1.29, 1.82) is 0 Å². The molecule has 1 fully saturated rings. The predicted octanol–water partition coefficient (Wildman–Crippen LogP) is 2.24. The van der Waals surface area contributed by atoms with E-state index in [0.29, 0.717) is 18.3 Å². The maximum Gasteiger partial charge on any atom is 0.287 e. The molecular formula is C13H17BrN2O4. The van der Waals surface area contributed by atoms with Crippen molar-refractivity contribution in [3.8, 4) is 5.75 Å². The lowest BCUT2D eigenvalue weighted by Gasteiger charge is -2.24. The van der Waals surface area contributed by atoms with E-state index in [-0.39, 0.29) is 16.8 Å². The van der Waals surface area contributed by atoms with Crippen molar-refractivity contribution in [1.82, 2.24) is 5.32 Å². The Kier molecular flexibility index (Phi) is 4.62. The molecule has 1 aliphatic rings. The van der Waals surface area contributed by atoms with Gasteiger partial charge in [0.1, 0.15) is 22.4 Å². The van der Waals surface area contributed by atoms with E-state index in [1.807, 2.05) is 0 Å². The van der Waals surface area contributed by atoms with Crippen LogP contribution in [0.1, 0.15) is 19.8 Å². The average Bonchev–Trinajstić information content (AvgIpc) is 3.19. The number of aliphatic hydroxyl groups is 1. The van der Waals surface area contributed by atoms with E-state index >= 15 is 0 Å². The SMILES string of the molecule is CC(O)(CNC1CC1)COc1cccc([N+](=O)[O-])c1Br. The zero-order valence-corrected chi connectivity index (χ0v) is 12.7. The van der Waals surface area contributed by atoms with Crippen LogP contribution in [-0.2, 0) is 0 Å². The van der Waals surface area contributed by atoms with Crippen molar-refractivity contribution >= 4 is 21.6 Å². The van der Waals surface area contributed by atoms with Gasteiger partial charge in [0.05, 0.1) is 4.92 Å². The highest BCUT2D eigenvalue weighted by atomic mass is 79.9. The molecule has 0 aromatic heterocycles. The zero-order valence-electron chi connectivity index (χ0n) is 11.1. The van der Waals surface area contributed by atoms with E-state index in [2.05, 4.69) is 21.2 Å². The molecule has 0 aliphatic heterocycles. The highest BCUT2D eigenvalue weighted by Crippen LogP contribution is 2.34. The van der Waals surface area contributed by atoms with Crippen molar-refractivity contribution in [3.05, 3.63) is 32.8 Å². The number of nitrogens with zero attached hydrogens (tertiary/aromatic N) is 1. The lowest BCUT2D eigenvalue weighted by Crippen LogP contribution is -2.43. The maximum atomic E-state index is 10.8. The first kappa shape index (κ1) is 15.2. The number of halogens is 1. The molecule has 110 valence electrons. The maximum absolute atomic E-state index is 10.8. The molecule has 0 saturated heterocycles. The van der Waals surface area contributed by atoms with Gasteiger partial charge in [0.25, 0.3) is 5.69 Å². The molecule has 7 heteroatoms. The largest absolute Gasteiger partial charge is 0.489 e. The summed E-state index contributed by atoms with van der Waals surface area (Å²) in [5, 5.41) is 24.2. The first-order valence-corrected chi connectivity index (χ1v) is 7.20. The number of nitro groups is 1. The number of nitro benzene ring substituents is 1. The minimum atomic E-state index is -1.02. The standard InChI is InChI=1S/C13H17BrN2O4/c1-13(17,7-15-9-5-6-9)8-20-11-4-2-3-10(12(11)14)16(18)19/h2-4,9,15,17H,5-8H2,1H3. The third kappa shape index (κ3) is 4.16. The van der Waals surface area contributed by atoms with Gasteiger partial charge in [0, 0.05) is 18.7 Å². The van der Waals surface area contributed by atoms with Crippen LogP contribution in [0.3, 0.4) is 0 Å². The van der Waals surface area contributed by atoms with Crippen molar-refractivity contribution in [2.24, 2.45) is 0 Å². The van der Waals surface area contributed by atoms with Gasteiger partial charge >= 0.3 is 0 Å². The Morgan fingerprint density at radius 2 is 2.30 bits per heavy atom. The molecule has 1 unspecified atom stereocenters. The third-order valence-corrected chi connectivity index (χ3v) is 3.82. The van der Waals surface area contributed by atoms with Crippen LogP contribution in [0.4, 0.5) is 5.69 Å². The lowest BCUT2D eigenvalue weighted by molar-refractivity contribution is -0.385. The summed E-state index contributed by atoms with van der Waals surface area (Å²) in [5.74, 6) is 0.353. The molecule has 1 atom stereocenters. The number of ether oxygens (including phenoxy) is 1. The third-order valence-electron chi connectivity index (χ3n) is 3.03. The number of rotatable bonds is 7.